The topological polar surface area (TPSA) is 21.1 Å². The van der Waals surface area contributed by atoms with Gasteiger partial charge < -0.3 is 4.57 Å². The van der Waals surface area contributed by atoms with Crippen LogP contribution in [0.4, 0.5) is 0 Å². The van der Waals surface area contributed by atoms with Crippen LogP contribution < -0.4 is 0 Å². The van der Waals surface area contributed by atoms with Crippen LogP contribution in [-0.2, 0) is 12.8 Å². The number of imidazole rings is 1. The Morgan fingerprint density at radius 1 is 0.800 bits per heavy atom. The molecule has 2 fully saturated rings. The summed E-state index contributed by atoms with van der Waals surface area (Å²) in [5, 5.41) is 0. The van der Waals surface area contributed by atoms with Gasteiger partial charge in [-0.3, -0.25) is 4.90 Å². The second-order valence-electron chi connectivity index (χ2n) is 8.04. The first kappa shape index (κ1) is 14.1. The van der Waals surface area contributed by atoms with Gasteiger partial charge in [0.25, 0.3) is 0 Å². The first-order valence-corrected chi connectivity index (χ1v) is 9.64. The first-order chi connectivity index (χ1) is 12.4. The van der Waals surface area contributed by atoms with Gasteiger partial charge in [-0.2, -0.15) is 0 Å². The van der Waals surface area contributed by atoms with Gasteiger partial charge in [0.2, 0.25) is 0 Å². The highest BCUT2D eigenvalue weighted by Crippen LogP contribution is 2.43. The van der Waals surface area contributed by atoms with Crippen LogP contribution in [0.2, 0.25) is 0 Å². The number of benzene rings is 2. The third-order valence-electron chi connectivity index (χ3n) is 6.37. The number of rotatable bonds is 3. The van der Waals surface area contributed by atoms with Gasteiger partial charge in [-0.1, -0.05) is 36.4 Å². The van der Waals surface area contributed by atoms with Crippen LogP contribution in [0.5, 0.6) is 0 Å². The van der Waals surface area contributed by atoms with Gasteiger partial charge in [-0.15, -0.1) is 0 Å². The molecule has 25 heavy (non-hydrogen) atoms. The zero-order chi connectivity index (χ0) is 16.4. The van der Waals surface area contributed by atoms with Crippen molar-refractivity contribution in [3.05, 3.63) is 65.5 Å². The zero-order valence-corrected chi connectivity index (χ0v) is 14.4. The molecule has 1 aromatic heterocycles. The molecule has 0 spiro atoms. The van der Waals surface area contributed by atoms with Crippen LogP contribution >= 0.6 is 0 Å². The summed E-state index contributed by atoms with van der Waals surface area (Å²) in [4.78, 5) is 7.67. The average Bonchev–Trinajstić information content (AvgIpc) is 3.25. The van der Waals surface area contributed by atoms with Gasteiger partial charge in [0.1, 0.15) is 5.82 Å². The minimum absolute atomic E-state index is 0.603. The molecule has 2 heterocycles. The van der Waals surface area contributed by atoms with Crippen molar-refractivity contribution < 1.29 is 0 Å². The Labute approximate surface area is 148 Å². The van der Waals surface area contributed by atoms with E-state index in [1.165, 1.54) is 55.6 Å². The minimum atomic E-state index is 0.603. The lowest BCUT2D eigenvalue weighted by molar-refractivity contribution is 0.0636. The molecule has 0 N–H and O–H groups in total. The molecule has 0 amide bonds. The standard InChI is InChI=1S/C22H23N3/c1-2-6-17-12-18(11-16(17)5-1)24-13-19(14-24)25-21-8-4-3-7-20(21)23-22(25)15-9-10-15/h1-8,15,18-19H,9-14H2. The fourth-order valence-electron chi connectivity index (χ4n) is 4.82. The Kier molecular flexibility index (Phi) is 2.92. The maximum atomic E-state index is 4.98. The number of aromatic nitrogens is 2. The fourth-order valence-corrected chi connectivity index (χ4v) is 4.82. The van der Waals surface area contributed by atoms with Gasteiger partial charge in [-0.25, -0.2) is 4.98 Å². The fraction of sp³-hybridized carbons (Fsp3) is 0.409. The van der Waals surface area contributed by atoms with Crippen LogP contribution in [-0.4, -0.2) is 33.6 Å². The molecular weight excluding hydrogens is 306 g/mol. The normalized spacial score (nSPS) is 21.6. The SMILES string of the molecule is c1ccc2c(c1)CC(N1CC(n3c(C4CC4)nc4ccccc43)C1)C2. The molecule has 6 rings (SSSR count). The quantitative estimate of drug-likeness (QED) is 0.726. The van der Waals surface area contributed by atoms with Crippen LogP contribution in [0.3, 0.4) is 0 Å². The Morgan fingerprint density at radius 2 is 1.48 bits per heavy atom. The van der Waals surface area contributed by atoms with E-state index in [1.807, 2.05) is 0 Å². The molecule has 2 aliphatic carbocycles. The molecule has 1 aliphatic heterocycles. The molecule has 2 aromatic carbocycles. The van der Waals surface area contributed by atoms with Crippen molar-refractivity contribution in [3.8, 4) is 0 Å². The van der Waals surface area contributed by atoms with Crippen molar-refractivity contribution in [1.82, 2.24) is 14.5 Å². The van der Waals surface area contributed by atoms with E-state index < -0.39 is 0 Å². The summed E-state index contributed by atoms with van der Waals surface area (Å²) in [6.07, 6.45) is 5.08. The minimum Gasteiger partial charge on any atom is -0.322 e. The molecule has 0 atom stereocenters. The Hall–Kier alpha value is -2.13. The summed E-state index contributed by atoms with van der Waals surface area (Å²) in [7, 11) is 0. The zero-order valence-electron chi connectivity index (χ0n) is 14.4. The molecule has 1 saturated carbocycles. The lowest BCUT2D eigenvalue weighted by atomic mass is 10.0. The second kappa shape index (κ2) is 5.18. The van der Waals surface area contributed by atoms with E-state index in [4.69, 9.17) is 4.98 Å². The number of fused-ring (bicyclic) bond motifs is 2. The smallest absolute Gasteiger partial charge is 0.113 e. The lowest BCUT2D eigenvalue weighted by Crippen LogP contribution is -2.53. The number of hydrogen-bond acceptors (Lipinski definition) is 2. The summed E-state index contributed by atoms with van der Waals surface area (Å²) >= 11 is 0. The van der Waals surface area contributed by atoms with Gasteiger partial charge >= 0.3 is 0 Å². The Bertz CT molecular complexity index is 922. The van der Waals surface area contributed by atoms with Gasteiger partial charge in [0.15, 0.2) is 0 Å². The summed E-state index contributed by atoms with van der Waals surface area (Å²) in [6, 6.07) is 19.0. The summed E-state index contributed by atoms with van der Waals surface area (Å²) in [5.41, 5.74) is 5.63. The van der Waals surface area contributed by atoms with Crippen LogP contribution in [0.25, 0.3) is 11.0 Å². The largest absolute Gasteiger partial charge is 0.322 e. The summed E-state index contributed by atoms with van der Waals surface area (Å²) in [5.74, 6) is 2.05. The van der Waals surface area contributed by atoms with E-state index in [0.717, 1.165) is 0 Å². The molecule has 3 aromatic rings. The van der Waals surface area contributed by atoms with Crippen molar-refractivity contribution in [2.75, 3.05) is 13.1 Å². The van der Waals surface area contributed by atoms with E-state index in [0.29, 0.717) is 18.0 Å². The highest BCUT2D eigenvalue weighted by atomic mass is 15.3. The predicted octanol–water partition coefficient (Wildman–Crippen LogP) is 3.94. The molecule has 1 saturated heterocycles. The molecule has 0 radical (unpaired) electrons. The summed E-state index contributed by atoms with van der Waals surface area (Å²) in [6.45, 7) is 2.36. The van der Waals surface area contributed by atoms with Crippen molar-refractivity contribution in [1.29, 1.82) is 0 Å². The van der Waals surface area contributed by atoms with E-state index >= 15 is 0 Å². The second-order valence-corrected chi connectivity index (χ2v) is 8.04. The third kappa shape index (κ3) is 2.18. The molecule has 3 heteroatoms. The van der Waals surface area contributed by atoms with E-state index in [2.05, 4.69) is 58.0 Å². The van der Waals surface area contributed by atoms with E-state index in [-0.39, 0.29) is 0 Å². The highest BCUT2D eigenvalue weighted by Gasteiger charge is 2.39. The molecule has 0 unspecified atom stereocenters. The number of hydrogen-bond donors (Lipinski definition) is 0. The van der Waals surface area contributed by atoms with Gasteiger partial charge in [0.05, 0.1) is 17.1 Å². The monoisotopic (exact) mass is 329 g/mol. The van der Waals surface area contributed by atoms with Crippen molar-refractivity contribution in [3.63, 3.8) is 0 Å². The van der Waals surface area contributed by atoms with Crippen molar-refractivity contribution in [2.24, 2.45) is 0 Å². The highest BCUT2D eigenvalue weighted by molar-refractivity contribution is 5.76. The number of nitrogens with zero attached hydrogens (tertiary/aromatic N) is 3. The molecular formula is C22H23N3. The van der Waals surface area contributed by atoms with Crippen molar-refractivity contribution in [2.45, 2.75) is 43.7 Å². The van der Waals surface area contributed by atoms with Gasteiger partial charge in [0, 0.05) is 25.0 Å². The Morgan fingerprint density at radius 3 is 2.20 bits per heavy atom. The van der Waals surface area contributed by atoms with Gasteiger partial charge in [-0.05, 0) is 48.9 Å². The summed E-state index contributed by atoms with van der Waals surface area (Å²) < 4.78 is 2.57. The predicted molar refractivity (Wildman–Crippen MR) is 100.0 cm³/mol. The molecule has 0 bridgehead atoms. The third-order valence-corrected chi connectivity index (χ3v) is 6.37. The molecule has 126 valence electrons. The number of likely N-dealkylation sites (tertiary alicyclic amines) is 1. The van der Waals surface area contributed by atoms with E-state index in [9.17, 15) is 0 Å². The number of para-hydroxylation sites is 2. The van der Waals surface area contributed by atoms with Crippen molar-refractivity contribution >= 4 is 11.0 Å². The molecule has 3 nitrogen and oxygen atoms in total. The maximum absolute atomic E-state index is 4.98. The van der Waals surface area contributed by atoms with Crippen LogP contribution in [0.1, 0.15) is 41.8 Å². The average molecular weight is 329 g/mol. The lowest BCUT2D eigenvalue weighted by Gasteiger charge is -2.44. The van der Waals surface area contributed by atoms with Crippen LogP contribution in [0, 0.1) is 0 Å². The Balaban J connectivity index is 1.25. The first-order valence-electron chi connectivity index (χ1n) is 9.64. The maximum Gasteiger partial charge on any atom is 0.113 e. The van der Waals surface area contributed by atoms with E-state index in [1.54, 1.807) is 11.1 Å². The molecule has 3 aliphatic rings. The van der Waals surface area contributed by atoms with Crippen LogP contribution in [0.15, 0.2) is 48.5 Å².